The number of nitrogens with one attached hydrogen (secondary N) is 2. The predicted octanol–water partition coefficient (Wildman–Crippen LogP) is -2.48. The van der Waals surface area contributed by atoms with Gasteiger partial charge in [-0.25, -0.2) is 0 Å². The van der Waals surface area contributed by atoms with E-state index in [0.717, 1.165) is 51.5 Å². The minimum atomic E-state index is -2.15. The molecule has 8 fully saturated rings. The lowest BCUT2D eigenvalue weighted by Gasteiger charge is -2.64. The van der Waals surface area contributed by atoms with Gasteiger partial charge in [-0.2, -0.15) is 0 Å². The number of ketones is 1. The number of aliphatic hydroxyl groups excluding tert-OH is 13. The van der Waals surface area contributed by atoms with Gasteiger partial charge in [0.05, 0.1) is 32.5 Å². The Morgan fingerprint density at radius 2 is 1.09 bits per heavy atom. The van der Waals surface area contributed by atoms with Crippen LogP contribution in [-0.2, 0) is 61.8 Å². The highest BCUT2D eigenvalue weighted by atomic mass is 16.8. The summed E-state index contributed by atoms with van der Waals surface area (Å²) in [5, 5.41) is 148. The molecule has 0 radical (unpaired) electrons. The van der Waals surface area contributed by atoms with E-state index in [-0.39, 0.29) is 33.9 Å². The molecule has 4 aliphatic carbocycles. The first-order valence-corrected chi connectivity index (χ1v) is 31.8. The van der Waals surface area contributed by atoms with Gasteiger partial charge in [0.25, 0.3) is 0 Å². The number of hydrogen-bond acceptors (Lipinski definition) is 26. The molecule has 5 saturated heterocycles. The van der Waals surface area contributed by atoms with Gasteiger partial charge in [-0.15, -0.1) is 0 Å². The lowest BCUT2D eigenvalue weighted by atomic mass is 9.41. The second-order valence-electron chi connectivity index (χ2n) is 28.4. The highest BCUT2D eigenvalue weighted by molar-refractivity contribution is 5.90. The van der Waals surface area contributed by atoms with Crippen molar-refractivity contribution in [1.82, 2.24) is 10.6 Å². The summed E-state index contributed by atoms with van der Waals surface area (Å²) in [6.45, 7) is 16.8. The SMILES string of the molecule is CC(=O)NC1C(OC2COC(OC3CCC4(C)C5=CCC6(C)C(C(C)CC(=O)C=C(C)C)CCC6(C)C5CCC4C3(C)C)C(OC3OC(OC4OC(CO)C(O)C(O)C4OC4OC(CO)C(O)C(O)C4O)C(O)C(O)C3NC(C)=O)C2O)OC(CO)C(O)C1O. The fourth-order valence-corrected chi connectivity index (χ4v) is 17.2. The van der Waals surface area contributed by atoms with Gasteiger partial charge in [-0.1, -0.05) is 58.8 Å². The van der Waals surface area contributed by atoms with Crippen LogP contribution in [0.25, 0.3) is 0 Å². The molecule has 0 aromatic heterocycles. The van der Waals surface area contributed by atoms with Crippen molar-refractivity contribution in [2.24, 2.45) is 45.3 Å². The average Bonchev–Trinajstić information content (AvgIpc) is 1.30. The third-order valence-electron chi connectivity index (χ3n) is 22.2. The highest BCUT2D eigenvalue weighted by Crippen LogP contribution is 2.73. The van der Waals surface area contributed by atoms with Crippen molar-refractivity contribution in [2.75, 3.05) is 26.4 Å². The number of aliphatic hydroxyl groups is 13. The van der Waals surface area contributed by atoms with Gasteiger partial charge in [-0.3, -0.25) is 14.4 Å². The van der Waals surface area contributed by atoms with Crippen molar-refractivity contribution in [3.8, 4) is 0 Å². The van der Waals surface area contributed by atoms with E-state index in [0.29, 0.717) is 31.1 Å². The summed E-state index contributed by atoms with van der Waals surface area (Å²) in [6, 6.07) is -3.17. The molecular weight excluding hydrogens is 1190 g/mol. The number of amides is 2. The topological polar surface area (TPSA) is 431 Å². The van der Waals surface area contributed by atoms with Gasteiger partial charge >= 0.3 is 0 Å². The first kappa shape index (κ1) is 71.5. The Bertz CT molecular complexity index is 2560. The number of carbonyl (C=O) groups excluding carboxylic acids is 3. The van der Waals surface area contributed by atoms with E-state index in [1.165, 1.54) is 5.57 Å². The van der Waals surface area contributed by atoms with Crippen LogP contribution in [0, 0.1) is 45.3 Å². The van der Waals surface area contributed by atoms with Crippen molar-refractivity contribution in [3.05, 3.63) is 23.3 Å². The quantitative estimate of drug-likeness (QED) is 0.0362. The Morgan fingerprint density at radius 1 is 0.567 bits per heavy atom. The van der Waals surface area contributed by atoms with E-state index >= 15 is 0 Å². The van der Waals surface area contributed by atoms with Crippen LogP contribution in [0.2, 0.25) is 0 Å². The van der Waals surface area contributed by atoms with Crippen molar-refractivity contribution in [1.29, 1.82) is 0 Å². The Kier molecular flexibility index (Phi) is 22.3. The predicted molar refractivity (Wildman–Crippen MR) is 309 cm³/mol. The first-order chi connectivity index (χ1) is 42.3. The molecule has 3 saturated carbocycles. The maximum absolute atomic E-state index is 13.1. The van der Waals surface area contributed by atoms with E-state index in [1.54, 1.807) is 6.08 Å². The van der Waals surface area contributed by atoms with Crippen LogP contribution < -0.4 is 10.6 Å². The maximum atomic E-state index is 13.1. The average molecular weight is 1290 g/mol. The molecule has 0 aromatic rings. The largest absolute Gasteiger partial charge is 0.394 e. The number of rotatable bonds is 19. The fourth-order valence-electron chi connectivity index (χ4n) is 17.2. The summed E-state index contributed by atoms with van der Waals surface area (Å²) >= 11 is 0. The second kappa shape index (κ2) is 28.1. The van der Waals surface area contributed by atoms with E-state index in [4.69, 9.17) is 47.4 Å². The van der Waals surface area contributed by atoms with Crippen LogP contribution >= 0.6 is 0 Å². The molecule has 9 aliphatic rings. The van der Waals surface area contributed by atoms with Crippen LogP contribution in [0.1, 0.15) is 121 Å². The fraction of sp³-hybridized carbons (Fsp3) is 0.887. The number of carbonyl (C=O) groups is 3. The van der Waals surface area contributed by atoms with Crippen molar-refractivity contribution < 1.29 is 128 Å². The third-order valence-corrected chi connectivity index (χ3v) is 22.2. The molecule has 28 nitrogen and oxygen atoms in total. The lowest BCUT2D eigenvalue weighted by Crippen LogP contribution is -2.69. The molecule has 0 spiro atoms. The van der Waals surface area contributed by atoms with Crippen LogP contribution in [0.15, 0.2) is 23.3 Å². The molecular formula is C62H100N2O26. The van der Waals surface area contributed by atoms with Crippen LogP contribution in [0.3, 0.4) is 0 Å². The standard InChI is InChI=1S/C62H100N2O26/c1-25(2)19-29(70)20-26(3)30-13-17-62(10)32-11-12-37-59(6,7)38(15-16-60(37,8)31(32)14-18-61(30,62)9)86-57-51(44(74)36(24-81-57)85-53-39(63-27(4)68)45(75)41(71)33(21-65)82-53)87-54-40(64-28(5)69)46(76)49(79)56(89-54)90-58-52(48(78)43(73)35(23-67)84-58)88-55-50(80)47(77)42(72)34(22-66)83-55/h14,19,26,30,32-58,65-67,71-80H,11-13,15-18,20-24H2,1-10H3,(H,63,68)(H,64,69). The van der Waals surface area contributed by atoms with Gasteiger partial charge < -0.3 is 124 Å². The summed E-state index contributed by atoms with van der Waals surface area (Å²) in [6.07, 6.45) is -30.3. The van der Waals surface area contributed by atoms with E-state index in [1.807, 2.05) is 13.8 Å². The van der Waals surface area contributed by atoms with Gasteiger partial charge in [0.2, 0.25) is 11.8 Å². The Balaban J connectivity index is 1.01. The lowest BCUT2D eigenvalue weighted by molar-refractivity contribution is -0.418. The normalized spacial score (nSPS) is 48.8. The molecule has 0 aromatic carbocycles. The van der Waals surface area contributed by atoms with Crippen molar-refractivity contribution >= 4 is 17.6 Å². The summed E-state index contributed by atoms with van der Waals surface area (Å²) in [5.41, 5.74) is 1.55. The van der Waals surface area contributed by atoms with Crippen molar-refractivity contribution in [2.45, 2.75) is 274 Å². The molecule has 32 atom stereocenters. The smallest absolute Gasteiger partial charge is 0.217 e. The molecule has 28 heteroatoms. The maximum Gasteiger partial charge on any atom is 0.217 e. The number of allylic oxidation sites excluding steroid dienone is 4. The highest BCUT2D eigenvalue weighted by Gasteiger charge is 2.66. The van der Waals surface area contributed by atoms with Crippen LogP contribution in [-0.4, -0.2) is 264 Å². The van der Waals surface area contributed by atoms with Gasteiger partial charge in [0.15, 0.2) is 43.5 Å². The second-order valence-corrected chi connectivity index (χ2v) is 28.4. The van der Waals surface area contributed by atoms with E-state index < -0.39 is 197 Å². The number of ether oxygens (including phenoxy) is 10. The van der Waals surface area contributed by atoms with Crippen LogP contribution in [0.4, 0.5) is 0 Å². The van der Waals surface area contributed by atoms with E-state index in [2.05, 4.69) is 58.3 Å². The minimum Gasteiger partial charge on any atom is -0.394 e. The molecule has 2 amide bonds. The molecule has 0 bridgehead atoms. The number of hydrogen-bond donors (Lipinski definition) is 15. The monoisotopic (exact) mass is 1290 g/mol. The van der Waals surface area contributed by atoms with Crippen LogP contribution in [0.5, 0.6) is 0 Å². The zero-order chi connectivity index (χ0) is 66.0. The summed E-state index contributed by atoms with van der Waals surface area (Å²) < 4.78 is 61.8. The zero-order valence-corrected chi connectivity index (χ0v) is 53.0. The molecule has 9 rings (SSSR count). The van der Waals surface area contributed by atoms with Gasteiger partial charge in [0, 0.05) is 20.3 Å². The van der Waals surface area contributed by atoms with Gasteiger partial charge in [0.1, 0.15) is 110 Å². The minimum absolute atomic E-state index is 0.0134. The molecule has 514 valence electrons. The Labute approximate surface area is 524 Å². The molecule has 90 heavy (non-hydrogen) atoms. The summed E-state index contributed by atoms with van der Waals surface area (Å²) in [4.78, 5) is 38.6. The van der Waals surface area contributed by atoms with Crippen molar-refractivity contribution in [3.63, 3.8) is 0 Å². The Hall–Kier alpha value is -2.83. The number of fused-ring (bicyclic) bond motifs is 5. The Morgan fingerprint density at radius 3 is 1.69 bits per heavy atom. The van der Waals surface area contributed by atoms with Gasteiger partial charge in [-0.05, 0) is 110 Å². The summed E-state index contributed by atoms with van der Waals surface area (Å²) in [7, 11) is 0. The summed E-state index contributed by atoms with van der Waals surface area (Å²) in [5.74, 6) is -0.302. The molecule has 15 N–H and O–H groups in total. The zero-order valence-electron chi connectivity index (χ0n) is 53.0. The molecule has 5 heterocycles. The molecule has 32 unspecified atom stereocenters. The van der Waals surface area contributed by atoms with E-state index in [9.17, 15) is 80.8 Å². The third kappa shape index (κ3) is 13.4. The first-order valence-electron chi connectivity index (χ1n) is 31.8. The molecule has 5 aliphatic heterocycles.